The number of methoxy groups -OCH3 is 1. The number of carbonyl (C=O) groups excluding carboxylic acids is 1. The number of hydrazone groups is 1. The van der Waals surface area contributed by atoms with E-state index in [1.54, 1.807) is 30.3 Å². The number of carbonyl (C=O) groups is 1. The van der Waals surface area contributed by atoms with Gasteiger partial charge in [0, 0.05) is 33.3 Å². The number of hydrogen-bond acceptors (Lipinski definition) is 6. The smallest absolute Gasteiger partial charge is 0.271 e. The van der Waals surface area contributed by atoms with E-state index < -0.39 is 10.8 Å². The van der Waals surface area contributed by atoms with E-state index in [0.29, 0.717) is 27.1 Å². The molecule has 3 aromatic rings. The monoisotopic (exact) mass is 507 g/mol. The molecular formula is C22H16Cl3N3O5. The van der Waals surface area contributed by atoms with Gasteiger partial charge in [0.2, 0.25) is 0 Å². The van der Waals surface area contributed by atoms with Crippen molar-refractivity contribution < 1.29 is 19.2 Å². The van der Waals surface area contributed by atoms with Crippen LogP contribution in [0, 0.1) is 10.1 Å². The predicted octanol–water partition coefficient (Wildman–Crippen LogP) is 5.91. The third-order valence-corrected chi connectivity index (χ3v) is 5.23. The van der Waals surface area contributed by atoms with Gasteiger partial charge in [-0.15, -0.1) is 0 Å². The summed E-state index contributed by atoms with van der Waals surface area (Å²) in [6.45, 7) is 0.144. The average molecular weight is 509 g/mol. The zero-order valence-corrected chi connectivity index (χ0v) is 19.3. The Hall–Kier alpha value is -3.33. The largest absolute Gasteiger partial charge is 0.493 e. The fourth-order valence-electron chi connectivity index (χ4n) is 2.71. The van der Waals surface area contributed by atoms with Crippen LogP contribution in [0.5, 0.6) is 11.5 Å². The van der Waals surface area contributed by atoms with Crippen molar-refractivity contribution >= 4 is 52.6 Å². The molecule has 0 atom stereocenters. The minimum atomic E-state index is -0.547. The average Bonchev–Trinajstić information content (AvgIpc) is 2.79. The highest BCUT2D eigenvalue weighted by molar-refractivity contribution is 6.35. The molecule has 0 radical (unpaired) electrons. The number of nitrogens with zero attached hydrogens (tertiary/aromatic N) is 2. The molecule has 0 aliphatic heterocycles. The number of halogens is 3. The molecule has 1 N–H and O–H groups in total. The number of nitro groups is 1. The van der Waals surface area contributed by atoms with E-state index in [-0.39, 0.29) is 22.9 Å². The van der Waals surface area contributed by atoms with Crippen molar-refractivity contribution in [3.8, 4) is 11.5 Å². The van der Waals surface area contributed by atoms with Crippen molar-refractivity contribution in [2.75, 3.05) is 7.11 Å². The van der Waals surface area contributed by atoms with Crippen LogP contribution in [0.3, 0.4) is 0 Å². The van der Waals surface area contributed by atoms with E-state index in [2.05, 4.69) is 10.5 Å². The minimum absolute atomic E-state index is 0.113. The van der Waals surface area contributed by atoms with Crippen LogP contribution >= 0.6 is 34.8 Å². The van der Waals surface area contributed by atoms with Gasteiger partial charge in [0.05, 0.1) is 23.3 Å². The SMILES string of the molecule is COc1cc(/C=N\NC(=O)c2ccc([N+](=O)[O-])cc2)cc(Cl)c1OCc1ccc(Cl)cc1Cl. The van der Waals surface area contributed by atoms with Gasteiger partial charge in [-0.25, -0.2) is 5.43 Å². The Morgan fingerprint density at radius 2 is 1.82 bits per heavy atom. The lowest BCUT2D eigenvalue weighted by Crippen LogP contribution is -2.17. The number of hydrogen-bond donors (Lipinski definition) is 1. The summed E-state index contributed by atoms with van der Waals surface area (Å²) < 4.78 is 11.2. The minimum Gasteiger partial charge on any atom is -0.493 e. The van der Waals surface area contributed by atoms with Crippen LogP contribution in [0.4, 0.5) is 5.69 Å². The highest BCUT2D eigenvalue weighted by atomic mass is 35.5. The Labute approximate surface area is 203 Å². The topological polar surface area (TPSA) is 103 Å². The van der Waals surface area contributed by atoms with Crippen molar-refractivity contribution in [3.05, 3.63) is 96.5 Å². The molecule has 0 saturated carbocycles. The Balaban J connectivity index is 1.68. The quantitative estimate of drug-likeness (QED) is 0.232. The van der Waals surface area contributed by atoms with E-state index in [4.69, 9.17) is 44.3 Å². The molecule has 8 nitrogen and oxygen atoms in total. The Morgan fingerprint density at radius 3 is 2.45 bits per heavy atom. The summed E-state index contributed by atoms with van der Waals surface area (Å²) in [5.41, 5.74) is 3.71. The molecule has 3 aromatic carbocycles. The van der Waals surface area contributed by atoms with Gasteiger partial charge >= 0.3 is 0 Å². The highest BCUT2D eigenvalue weighted by Crippen LogP contribution is 2.37. The van der Waals surface area contributed by atoms with E-state index in [9.17, 15) is 14.9 Å². The summed E-state index contributed by atoms with van der Waals surface area (Å²) >= 11 is 18.4. The number of nitro benzene ring substituents is 1. The molecule has 0 bridgehead atoms. The second kappa shape index (κ2) is 11.0. The van der Waals surface area contributed by atoms with Gasteiger partial charge in [0.15, 0.2) is 11.5 Å². The number of non-ortho nitro benzene ring substituents is 1. The van der Waals surface area contributed by atoms with Crippen LogP contribution in [0.1, 0.15) is 21.5 Å². The molecule has 0 unspecified atom stereocenters. The van der Waals surface area contributed by atoms with Gasteiger partial charge in [-0.05, 0) is 42.0 Å². The maximum absolute atomic E-state index is 12.1. The summed E-state index contributed by atoms with van der Waals surface area (Å²) in [5.74, 6) is 0.145. The van der Waals surface area contributed by atoms with E-state index >= 15 is 0 Å². The van der Waals surface area contributed by atoms with Gasteiger partial charge in [-0.2, -0.15) is 5.10 Å². The van der Waals surface area contributed by atoms with Crippen LogP contribution in [0.15, 0.2) is 59.7 Å². The summed E-state index contributed by atoms with van der Waals surface area (Å²) in [6, 6.07) is 13.4. The molecule has 1 amide bonds. The lowest BCUT2D eigenvalue weighted by molar-refractivity contribution is -0.384. The normalized spacial score (nSPS) is 10.8. The lowest BCUT2D eigenvalue weighted by Gasteiger charge is -2.14. The summed E-state index contributed by atoms with van der Waals surface area (Å²) in [4.78, 5) is 22.3. The molecular weight excluding hydrogens is 493 g/mol. The third kappa shape index (κ3) is 6.35. The second-order valence-electron chi connectivity index (χ2n) is 6.56. The summed E-state index contributed by atoms with van der Waals surface area (Å²) in [5, 5.41) is 15.8. The van der Waals surface area contributed by atoms with E-state index in [1.165, 1.54) is 37.6 Å². The number of amides is 1. The second-order valence-corrected chi connectivity index (χ2v) is 7.81. The zero-order chi connectivity index (χ0) is 24.0. The van der Waals surface area contributed by atoms with Gasteiger partial charge in [-0.1, -0.05) is 40.9 Å². The molecule has 0 aliphatic rings. The van der Waals surface area contributed by atoms with Gasteiger partial charge in [0.25, 0.3) is 11.6 Å². The van der Waals surface area contributed by atoms with Crippen LogP contribution in [-0.4, -0.2) is 24.2 Å². The Morgan fingerprint density at radius 1 is 1.09 bits per heavy atom. The fourth-order valence-corrected chi connectivity index (χ4v) is 3.44. The van der Waals surface area contributed by atoms with Gasteiger partial charge in [0.1, 0.15) is 6.61 Å². The molecule has 11 heteroatoms. The number of nitrogens with one attached hydrogen (secondary N) is 1. The summed E-state index contributed by atoms with van der Waals surface area (Å²) in [6.07, 6.45) is 1.37. The van der Waals surface area contributed by atoms with Crippen LogP contribution in [0.2, 0.25) is 15.1 Å². The van der Waals surface area contributed by atoms with Crippen LogP contribution in [-0.2, 0) is 6.61 Å². The number of benzene rings is 3. The van der Waals surface area contributed by atoms with Crippen LogP contribution < -0.4 is 14.9 Å². The molecule has 0 fully saturated rings. The number of ether oxygens (including phenoxy) is 2. The Kier molecular flexibility index (Phi) is 8.11. The molecule has 0 saturated heterocycles. The maximum Gasteiger partial charge on any atom is 0.271 e. The molecule has 33 heavy (non-hydrogen) atoms. The first kappa shape index (κ1) is 24.3. The predicted molar refractivity (Wildman–Crippen MR) is 127 cm³/mol. The van der Waals surface area contributed by atoms with Crippen molar-refractivity contribution in [1.29, 1.82) is 0 Å². The first-order valence-corrected chi connectivity index (χ1v) is 10.4. The number of rotatable bonds is 8. The van der Waals surface area contributed by atoms with Crippen molar-refractivity contribution in [1.82, 2.24) is 5.43 Å². The molecule has 0 heterocycles. The lowest BCUT2D eigenvalue weighted by atomic mass is 10.2. The highest BCUT2D eigenvalue weighted by Gasteiger charge is 2.13. The van der Waals surface area contributed by atoms with Crippen LogP contribution in [0.25, 0.3) is 0 Å². The van der Waals surface area contributed by atoms with Crippen molar-refractivity contribution in [3.63, 3.8) is 0 Å². The van der Waals surface area contributed by atoms with Gasteiger partial charge in [-0.3, -0.25) is 14.9 Å². The van der Waals surface area contributed by atoms with E-state index in [1.807, 2.05) is 0 Å². The molecule has 170 valence electrons. The first-order chi connectivity index (χ1) is 15.8. The van der Waals surface area contributed by atoms with Crippen molar-refractivity contribution in [2.45, 2.75) is 6.61 Å². The zero-order valence-electron chi connectivity index (χ0n) is 17.1. The maximum atomic E-state index is 12.1. The summed E-state index contributed by atoms with van der Waals surface area (Å²) in [7, 11) is 1.46. The molecule has 3 rings (SSSR count). The van der Waals surface area contributed by atoms with Crippen molar-refractivity contribution in [2.24, 2.45) is 5.10 Å². The first-order valence-electron chi connectivity index (χ1n) is 9.30. The molecule has 0 aliphatic carbocycles. The molecule has 0 aromatic heterocycles. The van der Waals surface area contributed by atoms with E-state index in [0.717, 1.165) is 5.56 Å². The fraction of sp³-hybridized carbons (Fsp3) is 0.0909. The Bertz CT molecular complexity index is 1220. The van der Waals surface area contributed by atoms with Gasteiger partial charge < -0.3 is 9.47 Å². The standard InChI is InChI=1S/C22H16Cl3N3O5/c1-32-20-9-13(11-26-27-22(29)14-3-6-17(7-4-14)28(30)31)8-19(25)21(20)33-12-15-2-5-16(23)10-18(15)24/h2-11H,12H2,1H3,(H,27,29)/b26-11-. The third-order valence-electron chi connectivity index (χ3n) is 4.36. The molecule has 0 spiro atoms.